The smallest absolute Gasteiger partial charge is 0.326 e. The Labute approximate surface area is 218 Å². The largest absolute Gasteiger partial charge is 0.508 e. The molecule has 4 unspecified atom stereocenters. The summed E-state index contributed by atoms with van der Waals surface area (Å²) in [4.78, 5) is 68.1. The highest BCUT2D eigenvalue weighted by atomic mass is 16.4. The van der Waals surface area contributed by atoms with Gasteiger partial charge >= 0.3 is 11.9 Å². The predicted octanol–water partition coefficient (Wildman–Crippen LogP) is -1.10. The lowest BCUT2D eigenvalue weighted by Crippen LogP contribution is -2.58. The first-order valence-corrected chi connectivity index (χ1v) is 11.7. The van der Waals surface area contributed by atoms with Crippen molar-refractivity contribution in [3.63, 3.8) is 0 Å². The monoisotopic (exact) mass is 532 g/mol. The van der Waals surface area contributed by atoms with Gasteiger partial charge in [0.05, 0.1) is 18.8 Å². The maximum absolute atomic E-state index is 13.4. The van der Waals surface area contributed by atoms with Gasteiger partial charge in [-0.2, -0.15) is 0 Å². The highest BCUT2D eigenvalue weighted by Crippen LogP contribution is 2.12. The number of carbonyl (C=O) groups excluding carboxylic acids is 3. The second-order valence-electron chi connectivity index (χ2n) is 9.04. The standard InChI is InChI=1S/C24H32N6O8/c1-12(2)20(25)23(36)29-16(7-13-3-5-15(31)6-4-13)21(34)28-17(8-14-10-26-11-27-14)22(35)30-18(24(37)38)9-19(32)33/h3-6,10-12,16-18,20,31H,7-9,25H2,1-2H3,(H,26,27)(H,28,34)(H,29,36)(H,30,35)(H,32,33)(H,37,38). The Kier molecular flexibility index (Phi) is 10.8. The van der Waals surface area contributed by atoms with E-state index in [4.69, 9.17) is 10.8 Å². The van der Waals surface area contributed by atoms with Crippen LogP contribution in [0.25, 0.3) is 0 Å². The number of aromatic hydroxyl groups is 1. The molecule has 2 aromatic rings. The van der Waals surface area contributed by atoms with E-state index in [-0.39, 0.29) is 24.5 Å². The van der Waals surface area contributed by atoms with E-state index in [1.54, 1.807) is 26.0 Å². The summed E-state index contributed by atoms with van der Waals surface area (Å²) in [5.74, 6) is -5.54. The molecule has 3 amide bonds. The fourth-order valence-electron chi connectivity index (χ4n) is 3.39. The number of carbonyl (C=O) groups is 5. The first-order valence-electron chi connectivity index (χ1n) is 11.7. The number of aromatic nitrogens is 2. The number of benzene rings is 1. The van der Waals surface area contributed by atoms with Gasteiger partial charge in [-0.3, -0.25) is 19.2 Å². The molecule has 2 rings (SSSR count). The van der Waals surface area contributed by atoms with Crippen LogP contribution < -0.4 is 21.7 Å². The summed E-state index contributed by atoms with van der Waals surface area (Å²) in [6, 6.07) is 0.744. The maximum atomic E-state index is 13.4. The van der Waals surface area contributed by atoms with Crippen LogP contribution in [0.15, 0.2) is 36.8 Å². The number of amides is 3. The Balaban J connectivity index is 2.30. The molecule has 206 valence electrons. The zero-order chi connectivity index (χ0) is 28.4. The summed E-state index contributed by atoms with van der Waals surface area (Å²) in [6.45, 7) is 3.47. The summed E-state index contributed by atoms with van der Waals surface area (Å²) in [7, 11) is 0. The fourth-order valence-corrected chi connectivity index (χ4v) is 3.39. The van der Waals surface area contributed by atoms with Crippen molar-refractivity contribution in [2.75, 3.05) is 0 Å². The number of nitrogens with two attached hydrogens (primary N) is 1. The molecule has 0 saturated heterocycles. The van der Waals surface area contributed by atoms with Crippen LogP contribution >= 0.6 is 0 Å². The van der Waals surface area contributed by atoms with Gasteiger partial charge in [-0.25, -0.2) is 9.78 Å². The van der Waals surface area contributed by atoms with Crippen molar-refractivity contribution in [2.24, 2.45) is 11.7 Å². The molecule has 1 aromatic carbocycles. The molecule has 38 heavy (non-hydrogen) atoms. The summed E-state index contributed by atoms with van der Waals surface area (Å²) in [5, 5.41) is 35.1. The van der Waals surface area contributed by atoms with Gasteiger partial charge in [0.2, 0.25) is 17.7 Å². The number of carboxylic acids is 2. The van der Waals surface area contributed by atoms with E-state index in [1.165, 1.54) is 24.7 Å². The average molecular weight is 533 g/mol. The molecule has 0 fully saturated rings. The third kappa shape index (κ3) is 9.20. The van der Waals surface area contributed by atoms with Gasteiger partial charge in [-0.05, 0) is 23.6 Å². The van der Waals surface area contributed by atoms with E-state index >= 15 is 0 Å². The third-order valence-electron chi connectivity index (χ3n) is 5.64. The predicted molar refractivity (Wildman–Crippen MR) is 133 cm³/mol. The number of H-pyrrole nitrogens is 1. The minimum Gasteiger partial charge on any atom is -0.508 e. The number of phenols is 1. The number of aliphatic carboxylic acids is 2. The number of rotatable bonds is 14. The molecule has 0 aliphatic rings. The zero-order valence-electron chi connectivity index (χ0n) is 20.9. The lowest BCUT2D eigenvalue weighted by Gasteiger charge is -2.25. The van der Waals surface area contributed by atoms with Crippen LogP contribution in [0.1, 0.15) is 31.5 Å². The van der Waals surface area contributed by atoms with Gasteiger partial charge in [-0.15, -0.1) is 0 Å². The topological polar surface area (TPSA) is 237 Å². The summed E-state index contributed by atoms with van der Waals surface area (Å²) in [5.41, 5.74) is 6.94. The van der Waals surface area contributed by atoms with E-state index in [9.17, 15) is 34.2 Å². The molecule has 0 spiro atoms. The normalized spacial score (nSPS) is 14.1. The van der Waals surface area contributed by atoms with Crippen LogP contribution in [-0.4, -0.2) is 79.1 Å². The van der Waals surface area contributed by atoms with E-state index in [1.807, 2.05) is 0 Å². The number of aromatic amines is 1. The van der Waals surface area contributed by atoms with Gasteiger partial charge in [0, 0.05) is 24.7 Å². The van der Waals surface area contributed by atoms with Crippen molar-refractivity contribution in [3.8, 4) is 5.75 Å². The number of carboxylic acid groups (broad SMARTS) is 2. The van der Waals surface area contributed by atoms with Crippen molar-refractivity contribution in [1.29, 1.82) is 0 Å². The minimum absolute atomic E-state index is 0.00579. The molecule has 9 N–H and O–H groups in total. The number of nitrogens with one attached hydrogen (secondary N) is 4. The molecule has 0 aliphatic carbocycles. The lowest BCUT2D eigenvalue weighted by molar-refractivity contribution is -0.147. The van der Waals surface area contributed by atoms with Crippen LogP contribution in [0.5, 0.6) is 5.75 Å². The Morgan fingerprint density at radius 2 is 1.45 bits per heavy atom. The Hall–Kier alpha value is -4.46. The highest BCUT2D eigenvalue weighted by Gasteiger charge is 2.32. The second-order valence-corrected chi connectivity index (χ2v) is 9.04. The van der Waals surface area contributed by atoms with Crippen LogP contribution in [0.3, 0.4) is 0 Å². The average Bonchev–Trinajstić information content (AvgIpc) is 3.36. The lowest BCUT2D eigenvalue weighted by atomic mass is 10.0. The van der Waals surface area contributed by atoms with Gasteiger partial charge in [-0.1, -0.05) is 26.0 Å². The molecule has 1 heterocycles. The Morgan fingerprint density at radius 1 is 0.895 bits per heavy atom. The van der Waals surface area contributed by atoms with E-state index < -0.39 is 60.2 Å². The summed E-state index contributed by atoms with van der Waals surface area (Å²) < 4.78 is 0. The van der Waals surface area contributed by atoms with Crippen LogP contribution in [0.2, 0.25) is 0 Å². The molecule has 0 radical (unpaired) electrons. The quantitative estimate of drug-likeness (QED) is 0.146. The number of phenolic OH excluding ortho intramolecular Hbond substituents is 1. The maximum Gasteiger partial charge on any atom is 0.326 e. The first kappa shape index (κ1) is 29.8. The number of nitrogens with zero attached hydrogens (tertiary/aromatic N) is 1. The van der Waals surface area contributed by atoms with Crippen LogP contribution in [0.4, 0.5) is 0 Å². The number of hydrogen-bond acceptors (Lipinski definition) is 8. The van der Waals surface area contributed by atoms with Crippen LogP contribution in [-0.2, 0) is 36.8 Å². The van der Waals surface area contributed by atoms with Crippen molar-refractivity contribution >= 4 is 29.7 Å². The highest BCUT2D eigenvalue weighted by molar-refractivity contribution is 5.95. The summed E-state index contributed by atoms with van der Waals surface area (Å²) >= 11 is 0. The summed E-state index contributed by atoms with van der Waals surface area (Å²) in [6.07, 6.45) is 1.71. The van der Waals surface area contributed by atoms with Crippen molar-refractivity contribution < 1.29 is 39.3 Å². The molecule has 4 atom stereocenters. The first-order chi connectivity index (χ1) is 17.9. The van der Waals surface area contributed by atoms with Gasteiger partial charge in [0.1, 0.15) is 23.9 Å². The molecule has 0 bridgehead atoms. The van der Waals surface area contributed by atoms with Gasteiger partial charge in [0.15, 0.2) is 0 Å². The Bertz CT molecular complexity index is 1120. The Morgan fingerprint density at radius 3 is 1.95 bits per heavy atom. The number of hydrogen-bond donors (Lipinski definition) is 8. The van der Waals surface area contributed by atoms with E-state index in [0.717, 1.165) is 0 Å². The molecule has 1 aromatic heterocycles. The molecular weight excluding hydrogens is 500 g/mol. The van der Waals surface area contributed by atoms with Gasteiger partial charge < -0.3 is 42.0 Å². The molecular formula is C24H32N6O8. The SMILES string of the molecule is CC(C)C(N)C(=O)NC(Cc1ccc(O)cc1)C(=O)NC(Cc1cnc[nH]1)C(=O)NC(CC(=O)O)C(=O)O. The van der Waals surface area contributed by atoms with Crippen molar-refractivity contribution in [1.82, 2.24) is 25.9 Å². The van der Waals surface area contributed by atoms with E-state index in [2.05, 4.69) is 25.9 Å². The fraction of sp³-hybridized carbons (Fsp3) is 0.417. The zero-order valence-corrected chi connectivity index (χ0v) is 20.9. The van der Waals surface area contributed by atoms with Crippen molar-refractivity contribution in [3.05, 3.63) is 48.0 Å². The molecule has 14 nitrogen and oxygen atoms in total. The minimum atomic E-state index is -1.74. The molecule has 14 heteroatoms. The molecule has 0 aliphatic heterocycles. The van der Waals surface area contributed by atoms with Gasteiger partial charge in [0.25, 0.3) is 0 Å². The molecule has 0 saturated carbocycles. The number of imidazole rings is 1. The second kappa shape index (κ2) is 13.7. The van der Waals surface area contributed by atoms with Crippen molar-refractivity contribution in [2.45, 2.75) is 57.3 Å². The van der Waals surface area contributed by atoms with Crippen LogP contribution in [0, 0.1) is 5.92 Å². The van der Waals surface area contributed by atoms with E-state index in [0.29, 0.717) is 11.3 Å². The third-order valence-corrected chi connectivity index (χ3v) is 5.64.